The number of hydrogen-bond donors (Lipinski definition) is 3. The molecule has 10 heteroatoms. The zero-order chi connectivity index (χ0) is 25.7. The molecular formula is C26H26ClF3N4O2. The molecule has 4 rings (SSSR count). The van der Waals surface area contributed by atoms with Crippen LogP contribution in [0.3, 0.4) is 0 Å². The van der Waals surface area contributed by atoms with E-state index >= 15 is 0 Å². The summed E-state index contributed by atoms with van der Waals surface area (Å²) in [5.74, 6) is -0.471. The molecule has 0 spiro atoms. The second kappa shape index (κ2) is 11.2. The van der Waals surface area contributed by atoms with Gasteiger partial charge < -0.3 is 20.7 Å². The van der Waals surface area contributed by atoms with Crippen molar-refractivity contribution in [1.82, 2.24) is 15.6 Å². The average molecular weight is 519 g/mol. The predicted octanol–water partition coefficient (Wildman–Crippen LogP) is 5.69. The largest absolute Gasteiger partial charge is 0.497 e. The first-order valence-corrected chi connectivity index (χ1v) is 11.8. The van der Waals surface area contributed by atoms with Crippen LogP contribution in [0.25, 0.3) is 0 Å². The van der Waals surface area contributed by atoms with Gasteiger partial charge in [0.1, 0.15) is 5.75 Å². The Balaban J connectivity index is 1.68. The molecule has 3 N–H and O–H groups in total. The molecule has 2 heterocycles. The highest BCUT2D eigenvalue weighted by molar-refractivity contribution is 6.30. The van der Waals surface area contributed by atoms with Gasteiger partial charge in [-0.1, -0.05) is 23.7 Å². The number of amides is 2. The number of rotatable bonds is 6. The summed E-state index contributed by atoms with van der Waals surface area (Å²) in [4.78, 5) is 16.9. The molecule has 0 aliphatic carbocycles. The number of nitrogens with one attached hydrogen (secondary N) is 3. The van der Waals surface area contributed by atoms with Crippen molar-refractivity contribution in [2.45, 2.75) is 24.6 Å². The normalized spacial score (nSPS) is 18.8. The molecule has 0 radical (unpaired) electrons. The highest BCUT2D eigenvalue weighted by Crippen LogP contribution is 2.42. The predicted molar refractivity (Wildman–Crippen MR) is 132 cm³/mol. The summed E-state index contributed by atoms with van der Waals surface area (Å²) in [7, 11) is 1.53. The minimum Gasteiger partial charge on any atom is -0.497 e. The molecule has 0 saturated carbocycles. The van der Waals surface area contributed by atoms with Gasteiger partial charge in [0.25, 0.3) is 0 Å². The highest BCUT2D eigenvalue weighted by Gasteiger charge is 2.41. The fraction of sp³-hybridized carbons (Fsp3) is 0.308. The lowest BCUT2D eigenvalue weighted by molar-refractivity contribution is -0.138. The number of hydrogen-bond acceptors (Lipinski definition) is 4. The van der Waals surface area contributed by atoms with E-state index in [0.717, 1.165) is 12.3 Å². The van der Waals surface area contributed by atoms with Crippen molar-refractivity contribution < 1.29 is 22.7 Å². The van der Waals surface area contributed by atoms with Gasteiger partial charge in [-0.25, -0.2) is 4.79 Å². The Kier molecular flexibility index (Phi) is 8.01. The van der Waals surface area contributed by atoms with Crippen molar-refractivity contribution >= 4 is 23.3 Å². The van der Waals surface area contributed by atoms with Crippen LogP contribution in [0.15, 0.2) is 67.0 Å². The molecule has 1 fully saturated rings. The second-order valence-corrected chi connectivity index (χ2v) is 9.02. The van der Waals surface area contributed by atoms with Gasteiger partial charge >= 0.3 is 12.2 Å². The van der Waals surface area contributed by atoms with Crippen LogP contribution in [0.1, 0.15) is 29.0 Å². The number of nitrogens with zero attached hydrogens (tertiary/aromatic N) is 1. The van der Waals surface area contributed by atoms with Gasteiger partial charge in [-0.3, -0.25) is 4.98 Å². The van der Waals surface area contributed by atoms with Gasteiger partial charge in [0.15, 0.2) is 0 Å². The molecule has 3 atom stereocenters. The number of benzene rings is 2. The number of anilines is 1. The smallest absolute Gasteiger partial charge is 0.416 e. The highest BCUT2D eigenvalue weighted by atomic mass is 35.5. The lowest BCUT2D eigenvalue weighted by Gasteiger charge is -2.39. The molecule has 1 aliphatic rings. The maximum atomic E-state index is 14.0. The summed E-state index contributed by atoms with van der Waals surface area (Å²) in [6, 6.07) is 13.8. The average Bonchev–Trinajstić information content (AvgIpc) is 2.87. The van der Waals surface area contributed by atoms with E-state index in [4.69, 9.17) is 16.3 Å². The van der Waals surface area contributed by atoms with Crippen LogP contribution in [0.2, 0.25) is 5.02 Å². The third kappa shape index (κ3) is 6.09. The third-order valence-corrected chi connectivity index (χ3v) is 6.59. The zero-order valence-electron chi connectivity index (χ0n) is 19.5. The van der Waals surface area contributed by atoms with Gasteiger partial charge in [0.05, 0.1) is 12.7 Å². The van der Waals surface area contributed by atoms with Crippen molar-refractivity contribution in [3.05, 3.63) is 88.7 Å². The summed E-state index contributed by atoms with van der Waals surface area (Å²) in [6.45, 7) is 1.03. The first kappa shape index (κ1) is 25.8. The number of carbonyl (C=O) groups is 1. The lowest BCUT2D eigenvalue weighted by atomic mass is 9.74. The minimum atomic E-state index is -4.56. The standard InChI is InChI=1S/C26H26ClF3N4O2/c1-36-19-8-2-16(3-9-19)24(20-14-31-12-10-22(20)26(28,29)30)21-15-32-13-11-23(21)34-25(35)33-18-6-4-17(27)5-7-18/h2-10,12,14,21,23-24,32H,11,13,15H2,1H3,(H2,33,34,35). The number of carbonyl (C=O) groups excluding carboxylic acids is 1. The van der Waals surface area contributed by atoms with Crippen LogP contribution in [-0.2, 0) is 6.18 Å². The van der Waals surface area contributed by atoms with E-state index in [0.29, 0.717) is 41.5 Å². The molecule has 3 aromatic rings. The van der Waals surface area contributed by atoms with Crippen LogP contribution in [-0.4, -0.2) is 37.3 Å². The number of aromatic nitrogens is 1. The summed E-state index contributed by atoms with van der Waals surface area (Å²) in [6.07, 6.45) is -1.59. The van der Waals surface area contributed by atoms with Gasteiger partial charge in [0, 0.05) is 47.5 Å². The van der Waals surface area contributed by atoms with E-state index in [1.54, 1.807) is 48.5 Å². The van der Waals surface area contributed by atoms with E-state index in [1.165, 1.54) is 13.3 Å². The molecule has 1 saturated heterocycles. The summed E-state index contributed by atoms with van der Waals surface area (Å²) < 4.78 is 47.3. The Morgan fingerprint density at radius 1 is 1.14 bits per heavy atom. The monoisotopic (exact) mass is 518 g/mol. The quantitative estimate of drug-likeness (QED) is 0.391. The molecule has 0 bridgehead atoms. The first-order valence-electron chi connectivity index (χ1n) is 11.4. The summed E-state index contributed by atoms with van der Waals surface area (Å²) in [5, 5.41) is 9.57. The van der Waals surface area contributed by atoms with Gasteiger partial charge in [0.2, 0.25) is 0 Å². The fourth-order valence-electron chi connectivity index (χ4n) is 4.66. The number of piperidine rings is 1. The minimum absolute atomic E-state index is 0.0637. The van der Waals surface area contributed by atoms with Crippen LogP contribution in [0, 0.1) is 5.92 Å². The number of alkyl halides is 3. The van der Waals surface area contributed by atoms with Gasteiger partial charge in [-0.15, -0.1) is 0 Å². The summed E-state index contributed by atoms with van der Waals surface area (Å²) in [5.41, 5.74) is 0.552. The van der Waals surface area contributed by atoms with Crippen LogP contribution >= 0.6 is 11.6 Å². The lowest BCUT2D eigenvalue weighted by Crippen LogP contribution is -2.52. The number of pyridine rings is 1. The number of ether oxygens (including phenoxy) is 1. The number of halogens is 4. The second-order valence-electron chi connectivity index (χ2n) is 8.58. The van der Waals surface area contributed by atoms with Crippen LogP contribution in [0.5, 0.6) is 5.75 Å². The Morgan fingerprint density at radius 3 is 2.53 bits per heavy atom. The molecule has 6 nitrogen and oxygen atoms in total. The third-order valence-electron chi connectivity index (χ3n) is 6.34. The Labute approximate surface area is 212 Å². The molecule has 190 valence electrons. The van der Waals surface area contributed by atoms with Crippen molar-refractivity contribution in [1.29, 1.82) is 0 Å². The number of methoxy groups -OCH3 is 1. The zero-order valence-corrected chi connectivity index (χ0v) is 20.2. The van der Waals surface area contributed by atoms with E-state index in [1.807, 2.05) is 0 Å². The SMILES string of the molecule is COc1ccc(C(c2cnccc2C(F)(F)F)C2CNCCC2NC(=O)Nc2ccc(Cl)cc2)cc1. The summed E-state index contributed by atoms with van der Waals surface area (Å²) >= 11 is 5.91. The van der Waals surface area contributed by atoms with Gasteiger partial charge in [-0.2, -0.15) is 13.2 Å². The van der Waals surface area contributed by atoms with E-state index in [9.17, 15) is 18.0 Å². The molecule has 2 aromatic carbocycles. The first-order chi connectivity index (χ1) is 17.3. The van der Waals surface area contributed by atoms with Crippen molar-refractivity contribution in [2.24, 2.45) is 5.92 Å². The Morgan fingerprint density at radius 2 is 1.86 bits per heavy atom. The van der Waals surface area contributed by atoms with E-state index < -0.39 is 29.7 Å². The fourth-order valence-corrected chi connectivity index (χ4v) is 4.79. The van der Waals surface area contributed by atoms with Gasteiger partial charge in [-0.05, 0) is 66.6 Å². The Bertz CT molecular complexity index is 1170. The van der Waals surface area contributed by atoms with Crippen LogP contribution < -0.4 is 20.7 Å². The molecule has 2 amide bonds. The van der Waals surface area contributed by atoms with Crippen molar-refractivity contribution in [2.75, 3.05) is 25.5 Å². The van der Waals surface area contributed by atoms with Crippen LogP contribution in [0.4, 0.5) is 23.7 Å². The molecular weight excluding hydrogens is 493 g/mol. The molecule has 1 aromatic heterocycles. The Hall–Kier alpha value is -3.30. The van der Waals surface area contributed by atoms with Crippen molar-refractivity contribution in [3.63, 3.8) is 0 Å². The van der Waals surface area contributed by atoms with E-state index in [-0.39, 0.29) is 11.5 Å². The molecule has 36 heavy (non-hydrogen) atoms. The molecule has 1 aliphatic heterocycles. The maximum absolute atomic E-state index is 14.0. The number of urea groups is 1. The van der Waals surface area contributed by atoms with Crippen molar-refractivity contribution in [3.8, 4) is 5.75 Å². The maximum Gasteiger partial charge on any atom is 0.416 e. The topological polar surface area (TPSA) is 75.3 Å². The van der Waals surface area contributed by atoms with E-state index in [2.05, 4.69) is 20.9 Å². The molecule has 3 unspecified atom stereocenters.